The Bertz CT molecular complexity index is 815. The van der Waals surface area contributed by atoms with Gasteiger partial charge in [0.2, 0.25) is 0 Å². The van der Waals surface area contributed by atoms with E-state index in [1.54, 1.807) is 16.7 Å². The molecule has 22 heavy (non-hydrogen) atoms. The third-order valence-electron chi connectivity index (χ3n) is 2.97. The number of pyridine rings is 2. The fourth-order valence-electron chi connectivity index (χ4n) is 1.90. The Hall–Kier alpha value is -2.35. The van der Waals surface area contributed by atoms with Crippen molar-refractivity contribution in [2.75, 3.05) is 5.32 Å². The molecule has 0 aromatic carbocycles. The summed E-state index contributed by atoms with van der Waals surface area (Å²) in [6.07, 6.45) is -1.96. The van der Waals surface area contributed by atoms with Gasteiger partial charge >= 0.3 is 6.18 Å². The number of nitrogens with zero attached hydrogens (tertiary/aromatic N) is 4. The highest BCUT2D eigenvalue weighted by atomic mass is 35.5. The lowest BCUT2D eigenvalue weighted by Gasteiger charge is -2.10. The maximum Gasteiger partial charge on any atom is 0.417 e. The Balaban J connectivity index is 1.79. The van der Waals surface area contributed by atoms with Crippen molar-refractivity contribution in [1.82, 2.24) is 19.6 Å². The summed E-state index contributed by atoms with van der Waals surface area (Å²) in [4.78, 5) is 3.70. The van der Waals surface area contributed by atoms with Crippen LogP contribution in [0.15, 0.2) is 36.7 Å². The number of rotatable bonds is 3. The summed E-state index contributed by atoms with van der Waals surface area (Å²) >= 11 is 5.83. The van der Waals surface area contributed by atoms with Crippen molar-refractivity contribution in [3.63, 3.8) is 0 Å². The minimum absolute atomic E-state index is 0.108. The van der Waals surface area contributed by atoms with Crippen molar-refractivity contribution in [3.8, 4) is 0 Å². The van der Waals surface area contributed by atoms with Crippen LogP contribution >= 0.6 is 11.6 Å². The first-order valence-corrected chi connectivity index (χ1v) is 6.58. The largest absolute Gasteiger partial charge is 0.417 e. The average molecular weight is 328 g/mol. The summed E-state index contributed by atoms with van der Waals surface area (Å²) in [5.41, 5.74) is -0.221. The summed E-state index contributed by atoms with van der Waals surface area (Å²) < 4.78 is 39.4. The summed E-state index contributed by atoms with van der Waals surface area (Å²) in [7, 11) is 0. The number of halogens is 4. The van der Waals surface area contributed by atoms with E-state index in [2.05, 4.69) is 20.5 Å². The van der Waals surface area contributed by atoms with E-state index in [9.17, 15) is 13.2 Å². The molecule has 0 atom stereocenters. The second-order valence-electron chi connectivity index (χ2n) is 4.45. The van der Waals surface area contributed by atoms with Crippen molar-refractivity contribution in [1.29, 1.82) is 0 Å². The van der Waals surface area contributed by atoms with Crippen LogP contribution in [0.4, 0.5) is 19.0 Å². The van der Waals surface area contributed by atoms with Crippen LogP contribution in [0.25, 0.3) is 5.65 Å². The number of alkyl halides is 3. The minimum atomic E-state index is -4.47. The molecule has 0 aliphatic rings. The van der Waals surface area contributed by atoms with Gasteiger partial charge in [-0.25, -0.2) is 4.98 Å². The van der Waals surface area contributed by atoms with Gasteiger partial charge in [-0.3, -0.25) is 4.40 Å². The Kier molecular flexibility index (Phi) is 3.61. The molecule has 0 fully saturated rings. The van der Waals surface area contributed by atoms with E-state index in [1.165, 1.54) is 0 Å². The second kappa shape index (κ2) is 5.45. The molecule has 3 heterocycles. The van der Waals surface area contributed by atoms with Gasteiger partial charge in [-0.05, 0) is 18.2 Å². The zero-order valence-electron chi connectivity index (χ0n) is 11.0. The van der Waals surface area contributed by atoms with Crippen LogP contribution in [0.5, 0.6) is 0 Å². The predicted octanol–water partition coefficient (Wildman–Crippen LogP) is 3.41. The van der Waals surface area contributed by atoms with E-state index >= 15 is 0 Å². The van der Waals surface area contributed by atoms with Crippen molar-refractivity contribution in [2.45, 2.75) is 12.7 Å². The Labute approximate surface area is 127 Å². The van der Waals surface area contributed by atoms with Crippen molar-refractivity contribution in [3.05, 3.63) is 53.1 Å². The summed E-state index contributed by atoms with van der Waals surface area (Å²) in [5, 5.41) is 10.7. The monoisotopic (exact) mass is 327 g/mol. The summed E-state index contributed by atoms with van der Waals surface area (Å²) in [6.45, 7) is 0.225. The molecule has 3 aromatic heterocycles. The Morgan fingerprint density at radius 3 is 2.77 bits per heavy atom. The third-order valence-corrected chi connectivity index (χ3v) is 3.25. The first-order valence-electron chi connectivity index (χ1n) is 6.20. The lowest BCUT2D eigenvalue weighted by Crippen LogP contribution is -2.09. The van der Waals surface area contributed by atoms with Crippen molar-refractivity contribution >= 4 is 23.1 Å². The van der Waals surface area contributed by atoms with Crippen LogP contribution in [0, 0.1) is 0 Å². The van der Waals surface area contributed by atoms with Gasteiger partial charge in [0.1, 0.15) is 5.82 Å². The van der Waals surface area contributed by atoms with Crippen LogP contribution in [0.3, 0.4) is 0 Å². The van der Waals surface area contributed by atoms with Crippen LogP contribution in [0.1, 0.15) is 11.4 Å². The van der Waals surface area contributed by atoms with Gasteiger partial charge in [-0.1, -0.05) is 17.7 Å². The highest BCUT2D eigenvalue weighted by Crippen LogP contribution is 2.32. The SMILES string of the molecule is FC(F)(F)c1cnc(NCc2nnc3ccccn23)c(Cl)c1. The highest BCUT2D eigenvalue weighted by Gasteiger charge is 2.31. The smallest absolute Gasteiger partial charge is 0.362 e. The molecule has 0 saturated heterocycles. The molecule has 0 radical (unpaired) electrons. The van der Waals surface area contributed by atoms with E-state index in [-0.39, 0.29) is 17.4 Å². The summed E-state index contributed by atoms with van der Waals surface area (Å²) in [5.74, 6) is 0.746. The van der Waals surface area contributed by atoms with Crippen LogP contribution in [-0.4, -0.2) is 19.6 Å². The molecule has 0 bridgehead atoms. The van der Waals surface area contributed by atoms with Gasteiger partial charge in [0.25, 0.3) is 0 Å². The van der Waals surface area contributed by atoms with Crippen molar-refractivity contribution < 1.29 is 13.2 Å². The van der Waals surface area contributed by atoms with E-state index in [4.69, 9.17) is 11.6 Å². The van der Waals surface area contributed by atoms with Crippen LogP contribution in [0.2, 0.25) is 5.02 Å². The molecule has 0 aliphatic carbocycles. The maximum atomic E-state index is 12.5. The standard InChI is InChI=1S/C13H9ClF3N5/c14-9-5-8(13(15,16)17)6-18-12(9)19-7-11-21-20-10-3-1-2-4-22(10)11/h1-6H,7H2,(H,18,19). The quantitative estimate of drug-likeness (QED) is 0.801. The molecule has 9 heteroatoms. The maximum absolute atomic E-state index is 12.5. The molecule has 0 saturated carbocycles. The normalized spacial score (nSPS) is 11.8. The molecule has 0 spiro atoms. The molecule has 1 N–H and O–H groups in total. The first kappa shape index (κ1) is 14.6. The molecule has 114 valence electrons. The highest BCUT2D eigenvalue weighted by molar-refractivity contribution is 6.32. The van der Waals surface area contributed by atoms with Gasteiger partial charge in [0.05, 0.1) is 17.1 Å². The number of anilines is 1. The first-order chi connectivity index (χ1) is 10.4. The fraction of sp³-hybridized carbons (Fsp3) is 0.154. The van der Waals surface area contributed by atoms with Crippen LogP contribution < -0.4 is 5.32 Å². The van der Waals surface area contributed by atoms with Gasteiger partial charge in [-0.2, -0.15) is 13.2 Å². The van der Waals surface area contributed by atoms with Gasteiger partial charge in [0.15, 0.2) is 11.5 Å². The van der Waals surface area contributed by atoms with E-state index < -0.39 is 11.7 Å². The second-order valence-corrected chi connectivity index (χ2v) is 4.86. The molecule has 3 rings (SSSR count). The van der Waals surface area contributed by atoms with Gasteiger partial charge in [-0.15, -0.1) is 10.2 Å². The predicted molar refractivity (Wildman–Crippen MR) is 74.6 cm³/mol. The number of aromatic nitrogens is 4. The van der Waals surface area contributed by atoms with E-state index in [0.717, 1.165) is 12.3 Å². The van der Waals surface area contributed by atoms with E-state index in [0.29, 0.717) is 11.5 Å². The summed E-state index contributed by atoms with van der Waals surface area (Å²) in [6, 6.07) is 6.28. The number of hydrogen-bond donors (Lipinski definition) is 1. The molecule has 5 nitrogen and oxygen atoms in total. The topological polar surface area (TPSA) is 55.1 Å². The van der Waals surface area contributed by atoms with E-state index in [1.807, 2.05) is 12.1 Å². The molecule has 0 amide bonds. The lowest BCUT2D eigenvalue weighted by molar-refractivity contribution is -0.137. The Morgan fingerprint density at radius 1 is 1.23 bits per heavy atom. The minimum Gasteiger partial charge on any atom is -0.362 e. The third kappa shape index (κ3) is 2.82. The van der Waals surface area contributed by atoms with Gasteiger partial charge < -0.3 is 5.32 Å². The molecular weight excluding hydrogens is 319 g/mol. The zero-order valence-corrected chi connectivity index (χ0v) is 11.7. The van der Waals surface area contributed by atoms with Crippen LogP contribution in [-0.2, 0) is 12.7 Å². The number of hydrogen-bond acceptors (Lipinski definition) is 4. The molecule has 0 aliphatic heterocycles. The van der Waals surface area contributed by atoms with Gasteiger partial charge in [0, 0.05) is 12.4 Å². The molecule has 3 aromatic rings. The molecular formula is C13H9ClF3N5. The molecule has 0 unspecified atom stereocenters. The Morgan fingerprint density at radius 2 is 2.05 bits per heavy atom. The van der Waals surface area contributed by atoms with Crippen molar-refractivity contribution in [2.24, 2.45) is 0 Å². The number of nitrogens with one attached hydrogen (secondary N) is 1. The fourth-order valence-corrected chi connectivity index (χ4v) is 2.13. The zero-order chi connectivity index (χ0) is 15.7. The lowest BCUT2D eigenvalue weighted by atomic mass is 10.3. The number of fused-ring (bicyclic) bond motifs is 1. The average Bonchev–Trinajstić information content (AvgIpc) is 2.88.